The topological polar surface area (TPSA) is 18.5 Å². The molecule has 0 saturated heterocycles. The second-order valence-electron chi connectivity index (χ2n) is 7.50. The van der Waals surface area contributed by atoms with Gasteiger partial charge >= 0.3 is 0 Å². The van der Waals surface area contributed by atoms with Crippen molar-refractivity contribution in [2.45, 2.75) is 58.8 Å². The van der Waals surface area contributed by atoms with Crippen molar-refractivity contribution in [3.63, 3.8) is 0 Å². The van der Waals surface area contributed by atoms with Crippen LogP contribution in [-0.4, -0.2) is 27.4 Å². The minimum Gasteiger partial charge on any atom is -0.384 e. The number of methoxy groups -OCH3 is 2. The van der Waals surface area contributed by atoms with E-state index in [0.29, 0.717) is 5.92 Å². The predicted molar refractivity (Wildman–Crippen MR) is 83.8 cm³/mol. The van der Waals surface area contributed by atoms with Crippen molar-refractivity contribution in [2.24, 2.45) is 29.1 Å². The molecule has 3 unspecified atom stereocenters. The molecular formula is C18H34O2. The fraction of sp³-hybridized carbons (Fsp3) is 1.00. The summed E-state index contributed by atoms with van der Waals surface area (Å²) in [5.41, 5.74) is 0.212. The van der Waals surface area contributed by atoms with E-state index < -0.39 is 0 Å². The maximum Gasteiger partial charge on any atom is 0.0545 e. The molecule has 0 amide bonds. The van der Waals surface area contributed by atoms with E-state index in [0.717, 1.165) is 31.0 Å². The maximum absolute atomic E-state index is 5.67. The van der Waals surface area contributed by atoms with Gasteiger partial charge in [-0.3, -0.25) is 0 Å². The van der Waals surface area contributed by atoms with E-state index in [1.807, 2.05) is 14.2 Å². The highest BCUT2D eigenvalue weighted by atomic mass is 16.5. The van der Waals surface area contributed by atoms with Crippen molar-refractivity contribution in [2.75, 3.05) is 27.4 Å². The summed E-state index contributed by atoms with van der Waals surface area (Å²) in [4.78, 5) is 0. The van der Waals surface area contributed by atoms with Crippen LogP contribution in [0.1, 0.15) is 58.8 Å². The van der Waals surface area contributed by atoms with Crippen LogP contribution in [-0.2, 0) is 9.47 Å². The molecule has 2 fully saturated rings. The Morgan fingerprint density at radius 1 is 0.900 bits per heavy atom. The Hall–Kier alpha value is -0.0800. The molecule has 0 radical (unpaired) electrons. The van der Waals surface area contributed by atoms with E-state index in [1.54, 1.807) is 0 Å². The lowest BCUT2D eigenvalue weighted by Crippen LogP contribution is -2.50. The van der Waals surface area contributed by atoms with Crippen LogP contribution in [0.25, 0.3) is 0 Å². The average molecular weight is 282 g/mol. The van der Waals surface area contributed by atoms with E-state index in [4.69, 9.17) is 9.47 Å². The smallest absolute Gasteiger partial charge is 0.0545 e. The van der Waals surface area contributed by atoms with Gasteiger partial charge in [0.05, 0.1) is 13.2 Å². The Balaban J connectivity index is 2.25. The Kier molecular flexibility index (Phi) is 5.92. The lowest BCUT2D eigenvalue weighted by atomic mass is 9.54. The monoisotopic (exact) mass is 282 g/mol. The van der Waals surface area contributed by atoms with Gasteiger partial charge in [-0.2, -0.15) is 0 Å². The van der Waals surface area contributed by atoms with E-state index >= 15 is 0 Å². The van der Waals surface area contributed by atoms with Crippen molar-refractivity contribution >= 4 is 0 Å². The normalized spacial score (nSPS) is 31.4. The van der Waals surface area contributed by atoms with Crippen LogP contribution in [0.3, 0.4) is 0 Å². The first-order valence-electron chi connectivity index (χ1n) is 8.63. The Labute approximate surface area is 125 Å². The number of fused-ring (bicyclic) bond motifs is 1. The zero-order valence-electron chi connectivity index (χ0n) is 14.0. The van der Waals surface area contributed by atoms with Gasteiger partial charge in [0, 0.05) is 19.6 Å². The van der Waals surface area contributed by atoms with Crippen LogP contribution in [0.15, 0.2) is 0 Å². The Morgan fingerprint density at radius 2 is 1.50 bits per heavy atom. The first-order valence-corrected chi connectivity index (χ1v) is 8.63. The van der Waals surface area contributed by atoms with Crippen LogP contribution in [0.2, 0.25) is 0 Å². The quantitative estimate of drug-likeness (QED) is 0.712. The van der Waals surface area contributed by atoms with Crippen molar-refractivity contribution < 1.29 is 9.47 Å². The fourth-order valence-corrected chi connectivity index (χ4v) is 5.21. The molecule has 0 aliphatic heterocycles. The molecule has 0 aromatic carbocycles. The molecule has 0 heterocycles. The molecule has 0 bridgehead atoms. The first kappa shape index (κ1) is 16.3. The van der Waals surface area contributed by atoms with Crippen molar-refractivity contribution in [3.8, 4) is 0 Å². The van der Waals surface area contributed by atoms with Crippen molar-refractivity contribution in [1.82, 2.24) is 0 Å². The molecule has 118 valence electrons. The highest BCUT2D eigenvalue weighted by Crippen LogP contribution is 2.53. The first-order chi connectivity index (χ1) is 9.65. The zero-order chi connectivity index (χ0) is 14.6. The molecule has 0 aromatic rings. The lowest BCUT2D eigenvalue weighted by Gasteiger charge is -2.52. The van der Waals surface area contributed by atoms with Crippen LogP contribution < -0.4 is 0 Å². The van der Waals surface area contributed by atoms with E-state index in [1.165, 1.54) is 44.9 Å². The number of hydrogen-bond donors (Lipinski definition) is 0. The van der Waals surface area contributed by atoms with Gasteiger partial charge < -0.3 is 9.47 Å². The summed E-state index contributed by atoms with van der Waals surface area (Å²) in [5, 5.41) is 0. The molecule has 2 aliphatic rings. The second kappa shape index (κ2) is 7.26. The molecule has 3 atom stereocenters. The maximum atomic E-state index is 5.67. The average Bonchev–Trinajstić information content (AvgIpc) is 2.46. The standard InChI is InChI=1S/C18H34O2/c1-14(2)18(12-19-3,13-20-4)17-11-7-9-15-8-5-6-10-16(15)17/h14-17H,5-13H2,1-4H3. The largest absolute Gasteiger partial charge is 0.384 e. The van der Waals surface area contributed by atoms with Crippen LogP contribution in [0.5, 0.6) is 0 Å². The summed E-state index contributed by atoms with van der Waals surface area (Å²) in [6.45, 7) is 6.44. The highest BCUT2D eigenvalue weighted by Gasteiger charge is 2.48. The van der Waals surface area contributed by atoms with Gasteiger partial charge in [-0.05, 0) is 36.5 Å². The van der Waals surface area contributed by atoms with Gasteiger partial charge in [-0.25, -0.2) is 0 Å². The van der Waals surface area contributed by atoms with Gasteiger partial charge in [-0.1, -0.05) is 46.0 Å². The molecular weight excluding hydrogens is 248 g/mol. The molecule has 2 rings (SSSR count). The van der Waals surface area contributed by atoms with Crippen molar-refractivity contribution in [3.05, 3.63) is 0 Å². The van der Waals surface area contributed by atoms with Gasteiger partial charge in [-0.15, -0.1) is 0 Å². The Bertz CT molecular complexity index is 279. The molecule has 0 spiro atoms. The summed E-state index contributed by atoms with van der Waals surface area (Å²) in [5.74, 6) is 3.31. The highest BCUT2D eigenvalue weighted by molar-refractivity contribution is 4.97. The van der Waals surface area contributed by atoms with Crippen LogP contribution in [0.4, 0.5) is 0 Å². The molecule has 0 N–H and O–H groups in total. The minimum absolute atomic E-state index is 0.212. The third-order valence-corrected chi connectivity index (χ3v) is 6.29. The lowest BCUT2D eigenvalue weighted by molar-refractivity contribution is -0.105. The van der Waals surface area contributed by atoms with E-state index in [-0.39, 0.29) is 5.41 Å². The predicted octanol–water partition coefficient (Wildman–Crippen LogP) is 4.53. The summed E-state index contributed by atoms with van der Waals surface area (Å²) < 4.78 is 11.3. The van der Waals surface area contributed by atoms with E-state index in [2.05, 4.69) is 13.8 Å². The number of rotatable bonds is 6. The summed E-state index contributed by atoms with van der Waals surface area (Å²) in [7, 11) is 3.71. The summed E-state index contributed by atoms with van der Waals surface area (Å²) in [6, 6.07) is 0. The summed E-state index contributed by atoms with van der Waals surface area (Å²) in [6.07, 6.45) is 10.1. The molecule has 2 nitrogen and oxygen atoms in total. The zero-order valence-corrected chi connectivity index (χ0v) is 14.0. The van der Waals surface area contributed by atoms with Gasteiger partial charge in [0.15, 0.2) is 0 Å². The van der Waals surface area contributed by atoms with E-state index in [9.17, 15) is 0 Å². The third kappa shape index (κ3) is 3.06. The molecule has 2 saturated carbocycles. The minimum atomic E-state index is 0.212. The second-order valence-corrected chi connectivity index (χ2v) is 7.50. The Morgan fingerprint density at radius 3 is 2.10 bits per heavy atom. The molecule has 2 heteroatoms. The SMILES string of the molecule is COCC(COC)(C(C)C)C1CCCC2CCCCC21. The third-order valence-electron chi connectivity index (χ3n) is 6.29. The van der Waals surface area contributed by atoms with Gasteiger partial charge in [0.1, 0.15) is 0 Å². The van der Waals surface area contributed by atoms with Crippen LogP contribution in [0, 0.1) is 29.1 Å². The van der Waals surface area contributed by atoms with Crippen LogP contribution >= 0.6 is 0 Å². The molecule has 0 aromatic heterocycles. The fourth-order valence-electron chi connectivity index (χ4n) is 5.21. The molecule has 20 heavy (non-hydrogen) atoms. The van der Waals surface area contributed by atoms with Crippen molar-refractivity contribution in [1.29, 1.82) is 0 Å². The van der Waals surface area contributed by atoms with Gasteiger partial charge in [0.2, 0.25) is 0 Å². The molecule has 2 aliphatic carbocycles. The van der Waals surface area contributed by atoms with Gasteiger partial charge in [0.25, 0.3) is 0 Å². The summed E-state index contributed by atoms with van der Waals surface area (Å²) >= 11 is 0. The number of ether oxygens (including phenoxy) is 2. The number of hydrogen-bond acceptors (Lipinski definition) is 2.